The van der Waals surface area contributed by atoms with Crippen LogP contribution < -0.4 is 0 Å². The summed E-state index contributed by atoms with van der Waals surface area (Å²) in [6.45, 7) is 4.62. The van der Waals surface area contributed by atoms with Gasteiger partial charge in [-0.05, 0) is 76.6 Å². The molecule has 0 atom stereocenters. The van der Waals surface area contributed by atoms with E-state index in [0.29, 0.717) is 0 Å². The summed E-state index contributed by atoms with van der Waals surface area (Å²) in [7, 11) is 0. The van der Waals surface area contributed by atoms with E-state index in [9.17, 15) is 0 Å². The number of unbranched alkanes of at least 4 members (excludes halogenated alkanes) is 6. The molecule has 0 saturated carbocycles. The first-order chi connectivity index (χ1) is 21.2. The Labute approximate surface area is 278 Å². The first-order valence-corrected chi connectivity index (χ1v) is 16.5. The Kier molecular flexibility index (Phi) is 11.0. The Morgan fingerprint density at radius 3 is 1.86 bits per heavy atom. The van der Waals surface area contributed by atoms with Crippen LogP contribution in [0, 0.1) is 0 Å². The Balaban J connectivity index is 0.00000384. The van der Waals surface area contributed by atoms with Gasteiger partial charge in [0, 0.05) is 38.2 Å². The third kappa shape index (κ3) is 6.67. The van der Waals surface area contributed by atoms with Crippen molar-refractivity contribution in [2.45, 2.75) is 83.5 Å². The molecule has 2 heterocycles. The second-order valence-corrected chi connectivity index (χ2v) is 12.2. The quantitative estimate of drug-likeness (QED) is 0.112. The van der Waals surface area contributed by atoms with Crippen molar-refractivity contribution in [1.29, 1.82) is 0 Å². The fourth-order valence-electron chi connectivity index (χ4n) is 7.11. The number of hydrogen-bond acceptors (Lipinski definition) is 2. The molecule has 2 aromatic heterocycles. The molecular formula is C41H44N2Pt. The molecule has 1 aliphatic rings. The molecule has 0 spiro atoms. The smallest absolute Gasteiger partial charge is 0.0899 e. The summed E-state index contributed by atoms with van der Waals surface area (Å²) in [6, 6.07) is 37.6. The molecular weight excluding hydrogens is 716 g/mol. The third-order valence-corrected chi connectivity index (χ3v) is 9.34. The van der Waals surface area contributed by atoms with E-state index >= 15 is 0 Å². The van der Waals surface area contributed by atoms with Crippen LogP contribution in [0.2, 0.25) is 0 Å². The Morgan fingerprint density at radius 1 is 0.500 bits per heavy atom. The van der Waals surface area contributed by atoms with Crippen LogP contribution in [0.15, 0.2) is 109 Å². The molecule has 0 fully saturated rings. The van der Waals surface area contributed by atoms with Crippen molar-refractivity contribution in [3.05, 3.63) is 120 Å². The van der Waals surface area contributed by atoms with E-state index < -0.39 is 0 Å². The van der Waals surface area contributed by atoms with Crippen LogP contribution in [0.25, 0.3) is 44.9 Å². The maximum Gasteiger partial charge on any atom is 0.0899 e. The molecule has 0 aliphatic heterocycles. The molecule has 3 aromatic carbocycles. The second kappa shape index (κ2) is 15.1. The van der Waals surface area contributed by atoms with Crippen LogP contribution >= 0.6 is 0 Å². The average molecular weight is 760 g/mol. The van der Waals surface area contributed by atoms with Gasteiger partial charge in [0.2, 0.25) is 0 Å². The molecule has 0 unspecified atom stereocenters. The van der Waals surface area contributed by atoms with Gasteiger partial charge in [-0.2, -0.15) is 0 Å². The van der Waals surface area contributed by atoms with Crippen LogP contribution in [0.3, 0.4) is 0 Å². The summed E-state index contributed by atoms with van der Waals surface area (Å²) in [5, 5.41) is 0. The van der Waals surface area contributed by atoms with Gasteiger partial charge in [0.25, 0.3) is 0 Å². The van der Waals surface area contributed by atoms with E-state index in [4.69, 9.17) is 4.98 Å². The van der Waals surface area contributed by atoms with Crippen LogP contribution in [0.4, 0.5) is 0 Å². The molecule has 228 valence electrons. The minimum atomic E-state index is 0. The zero-order valence-corrected chi connectivity index (χ0v) is 28.4. The molecule has 0 N–H and O–H groups in total. The van der Waals surface area contributed by atoms with Crippen molar-refractivity contribution in [3.8, 4) is 44.9 Å². The monoisotopic (exact) mass is 759 g/mol. The number of nitrogens with zero attached hydrogens (tertiary/aromatic N) is 2. The van der Waals surface area contributed by atoms with Gasteiger partial charge in [-0.3, -0.25) is 4.98 Å². The number of hydrogen-bond donors (Lipinski definition) is 0. The third-order valence-electron chi connectivity index (χ3n) is 9.34. The van der Waals surface area contributed by atoms with Gasteiger partial charge in [0.05, 0.1) is 17.1 Å². The second-order valence-electron chi connectivity index (χ2n) is 12.2. The summed E-state index contributed by atoms with van der Waals surface area (Å²) >= 11 is 0. The first-order valence-electron chi connectivity index (χ1n) is 16.5. The minimum Gasteiger partial charge on any atom is -0.255 e. The maximum absolute atomic E-state index is 5.09. The van der Waals surface area contributed by atoms with E-state index in [0.717, 1.165) is 22.6 Å². The van der Waals surface area contributed by atoms with Gasteiger partial charge in [0.15, 0.2) is 0 Å². The maximum atomic E-state index is 5.09. The number of aromatic nitrogens is 2. The Hall–Kier alpha value is -3.35. The Morgan fingerprint density at radius 2 is 1.16 bits per heavy atom. The summed E-state index contributed by atoms with van der Waals surface area (Å²) in [5.74, 6) is 0. The van der Waals surface area contributed by atoms with Crippen LogP contribution in [-0.2, 0) is 26.5 Å². The van der Waals surface area contributed by atoms with Crippen LogP contribution in [0.5, 0.6) is 0 Å². The van der Waals surface area contributed by atoms with Gasteiger partial charge in [0.1, 0.15) is 0 Å². The molecule has 1 aliphatic carbocycles. The molecule has 0 saturated heterocycles. The molecule has 0 radical (unpaired) electrons. The van der Waals surface area contributed by atoms with Crippen molar-refractivity contribution in [2.75, 3.05) is 0 Å². The average Bonchev–Trinajstić information content (AvgIpc) is 3.35. The number of fused-ring (bicyclic) bond motifs is 3. The standard InChI is InChI=1S/C41H44N2.Pt/c1-3-5-7-15-25-41(26-16-8-6-4-2)36-21-13-12-20-34(36)35-24-23-32(28-37(35)41)33-29-39(31-18-10-9-11-19-31)43-40(30-33)38-22-14-17-27-42-38;/h9-14,17-24,27-30H,3-8,15-16,25-26H2,1-2H3;. The van der Waals surface area contributed by atoms with Gasteiger partial charge in [-0.15, -0.1) is 0 Å². The predicted octanol–water partition coefficient (Wildman–Crippen LogP) is 11.7. The zero-order chi connectivity index (χ0) is 29.5. The first kappa shape index (κ1) is 32.1. The fourth-order valence-corrected chi connectivity index (χ4v) is 7.11. The topological polar surface area (TPSA) is 25.8 Å². The van der Waals surface area contributed by atoms with Gasteiger partial charge in [-0.1, -0.05) is 138 Å². The molecule has 5 aromatic rings. The SMILES string of the molecule is CCCCCCC1(CCCCCC)c2ccccc2-c2ccc(-c3cc(-c4ccccc4)nc(-c4ccccn4)c3)cc21.[Pt]. The summed E-state index contributed by atoms with van der Waals surface area (Å²) < 4.78 is 0. The molecule has 2 nitrogen and oxygen atoms in total. The summed E-state index contributed by atoms with van der Waals surface area (Å²) in [6.07, 6.45) is 14.6. The molecule has 44 heavy (non-hydrogen) atoms. The zero-order valence-electron chi connectivity index (χ0n) is 26.2. The van der Waals surface area contributed by atoms with Crippen molar-refractivity contribution in [2.24, 2.45) is 0 Å². The minimum absolute atomic E-state index is 0. The van der Waals surface area contributed by atoms with Gasteiger partial charge in [-0.25, -0.2) is 4.98 Å². The molecule has 0 amide bonds. The molecule has 6 rings (SSSR count). The molecule has 0 bridgehead atoms. The van der Waals surface area contributed by atoms with E-state index in [-0.39, 0.29) is 26.5 Å². The van der Waals surface area contributed by atoms with Crippen LogP contribution in [-0.4, -0.2) is 9.97 Å². The van der Waals surface area contributed by atoms with Crippen molar-refractivity contribution >= 4 is 0 Å². The van der Waals surface area contributed by atoms with Gasteiger partial charge < -0.3 is 0 Å². The summed E-state index contributed by atoms with van der Waals surface area (Å²) in [5.41, 5.74) is 12.4. The largest absolute Gasteiger partial charge is 0.255 e. The van der Waals surface area contributed by atoms with E-state index in [1.54, 1.807) is 5.56 Å². The fraction of sp³-hybridized carbons (Fsp3) is 0.317. The van der Waals surface area contributed by atoms with E-state index in [2.05, 4.69) is 110 Å². The Bertz CT molecular complexity index is 1570. The van der Waals surface area contributed by atoms with Crippen molar-refractivity contribution in [1.82, 2.24) is 9.97 Å². The predicted molar refractivity (Wildman–Crippen MR) is 182 cm³/mol. The van der Waals surface area contributed by atoms with E-state index in [1.165, 1.54) is 92.0 Å². The van der Waals surface area contributed by atoms with Crippen molar-refractivity contribution in [3.63, 3.8) is 0 Å². The van der Waals surface area contributed by atoms with Gasteiger partial charge >= 0.3 is 0 Å². The van der Waals surface area contributed by atoms with E-state index in [1.807, 2.05) is 18.3 Å². The normalized spacial score (nSPS) is 12.8. The summed E-state index contributed by atoms with van der Waals surface area (Å²) in [4.78, 5) is 9.75. The van der Waals surface area contributed by atoms with Crippen molar-refractivity contribution < 1.29 is 21.1 Å². The molecule has 3 heteroatoms. The number of pyridine rings is 2. The van der Waals surface area contributed by atoms with Crippen LogP contribution in [0.1, 0.15) is 89.2 Å². The number of rotatable bonds is 13. The number of benzene rings is 3.